The number of carboxylic acids is 1. The van der Waals surface area contributed by atoms with Crippen LogP contribution in [-0.4, -0.2) is 109 Å². The number of carboxylic acid groups (broad SMARTS) is 1. The van der Waals surface area contributed by atoms with E-state index in [0.717, 1.165) is 30.3 Å². The fraction of sp³-hybridized carbons (Fsp3) is 0.184. The van der Waals surface area contributed by atoms with Crippen LogP contribution < -0.4 is 14.5 Å². The number of nitrogens with zero attached hydrogens (tertiary/aromatic N) is 8. The number of amides is 1. The Morgan fingerprint density at radius 1 is 0.697 bits per heavy atom. The maximum absolute atomic E-state index is 13.2. The van der Waals surface area contributed by atoms with Crippen molar-refractivity contribution in [2.24, 2.45) is 35.8 Å². The number of rotatable bonds is 17. The van der Waals surface area contributed by atoms with Gasteiger partial charge in [-0.05, 0) is 91.0 Å². The van der Waals surface area contributed by atoms with E-state index in [9.17, 15) is 68.9 Å². The molecule has 1 unspecified atom stereocenters. The third kappa shape index (κ3) is 10.7. The Bertz CT molecular complexity index is 3250. The average Bonchev–Trinajstić information content (AvgIpc) is 3.58. The number of aryl methyl sites for hydroxylation is 2. The summed E-state index contributed by atoms with van der Waals surface area (Å²) < 4.78 is 112. The Morgan fingerprint density at radius 2 is 1.27 bits per heavy atom. The Labute approximate surface area is 373 Å². The predicted molar refractivity (Wildman–Crippen MR) is 228 cm³/mol. The first-order valence-corrected chi connectivity index (χ1v) is 22.8. The molecule has 0 bridgehead atoms. The molecule has 0 aromatic heterocycles. The minimum atomic E-state index is -5.20. The number of phenolic OH excluding ortho intramolecular Hbond substituents is 1. The number of carbonyl (C=O) groups is 2. The fourth-order valence-electron chi connectivity index (χ4n) is 6.08. The van der Waals surface area contributed by atoms with Crippen molar-refractivity contribution >= 4 is 92.8 Å². The number of anilines is 1. The van der Waals surface area contributed by atoms with Crippen molar-refractivity contribution in [1.29, 1.82) is 0 Å². The number of aliphatic carboxylic acids is 1. The molecule has 66 heavy (non-hydrogen) atoms. The van der Waals surface area contributed by atoms with E-state index in [2.05, 4.69) is 35.8 Å². The van der Waals surface area contributed by atoms with Crippen LogP contribution in [0.3, 0.4) is 0 Å². The molecule has 5 aromatic carbocycles. The number of hydrazone groups is 1. The molecule has 1 aliphatic rings. The quantitative estimate of drug-likeness (QED) is 0.0452. The number of ether oxygens (including phenoxy) is 2. The largest absolute Gasteiger partial charge is 0.505 e. The molecule has 0 saturated heterocycles. The van der Waals surface area contributed by atoms with Crippen molar-refractivity contribution in [2.75, 3.05) is 31.4 Å². The lowest BCUT2D eigenvalue weighted by Gasteiger charge is -2.13. The van der Waals surface area contributed by atoms with E-state index in [4.69, 9.17) is 9.47 Å². The highest BCUT2D eigenvalue weighted by Crippen LogP contribution is 2.45. The van der Waals surface area contributed by atoms with Crippen LogP contribution in [0.2, 0.25) is 0 Å². The molecule has 0 saturated carbocycles. The summed E-state index contributed by atoms with van der Waals surface area (Å²) in [6, 6.07) is 11.8. The van der Waals surface area contributed by atoms with Crippen molar-refractivity contribution in [3.63, 3.8) is 0 Å². The number of aliphatic hydroxyl groups excluding tert-OH is 2. The molecule has 1 amide bonds. The van der Waals surface area contributed by atoms with E-state index >= 15 is 0 Å². The van der Waals surface area contributed by atoms with Gasteiger partial charge in [-0.1, -0.05) is 0 Å². The molecule has 0 fully saturated rings. The second kappa shape index (κ2) is 19.1. The van der Waals surface area contributed by atoms with Crippen LogP contribution >= 0.6 is 0 Å². The first-order valence-electron chi connectivity index (χ1n) is 18.5. The Hall–Kier alpha value is -7.18. The lowest BCUT2D eigenvalue weighted by atomic mass is 10.1. The van der Waals surface area contributed by atoms with E-state index in [-0.39, 0.29) is 74.4 Å². The molecule has 346 valence electrons. The maximum atomic E-state index is 13.2. The zero-order valence-electron chi connectivity index (χ0n) is 33.8. The summed E-state index contributed by atoms with van der Waals surface area (Å²) >= 11 is 0. The third-order valence-electron chi connectivity index (χ3n) is 9.14. The molecular weight excluding hydrogens is 937 g/mol. The number of azo groups is 3. The molecule has 1 heterocycles. The van der Waals surface area contributed by atoms with Crippen LogP contribution in [0, 0.1) is 13.8 Å². The molecular formula is C38H34N8O17S3. The van der Waals surface area contributed by atoms with Crippen LogP contribution in [0.15, 0.2) is 123 Å². The number of benzene rings is 5. The van der Waals surface area contributed by atoms with Gasteiger partial charge in [-0.15, -0.1) is 15.3 Å². The standard InChI is InChI=1S/C38H34N8O17S3/c1-19-14-31(65(56,57)58)20(2)13-26(19)40-41-27-17-30(63-12-10-48)28(18-29(27)62-11-9-47)42-43-33-32(66(59,60)61)16-21-15-22(3-8-25(21)36(33)49)39-44-34-35(38(51)52)45-46(37(34)50)23-4-6-24(7-5-23)64(53,54)55/h3-8,13-18,34,47-49H,9-12H2,1-2H3,(H,51,52)(H,53,54,55)(H,56,57,58)(H,59,60,61). The number of carbonyl (C=O) groups excluding carboxylic acids is 1. The molecule has 28 heteroatoms. The van der Waals surface area contributed by atoms with E-state index < -0.39 is 88.4 Å². The molecule has 7 N–H and O–H groups in total. The summed E-state index contributed by atoms with van der Waals surface area (Å²) in [4.78, 5) is 23.4. The third-order valence-corrected chi connectivity index (χ3v) is 11.9. The van der Waals surface area contributed by atoms with Gasteiger partial charge >= 0.3 is 5.97 Å². The number of aromatic hydroxyl groups is 1. The lowest BCUT2D eigenvalue weighted by molar-refractivity contribution is -0.130. The van der Waals surface area contributed by atoms with Gasteiger partial charge in [0.05, 0.1) is 40.1 Å². The summed E-state index contributed by atoms with van der Waals surface area (Å²) in [5.74, 6) is -3.72. The summed E-state index contributed by atoms with van der Waals surface area (Å²) in [6.07, 6.45) is 0. The van der Waals surface area contributed by atoms with Crippen molar-refractivity contribution in [3.05, 3.63) is 83.9 Å². The second-order valence-corrected chi connectivity index (χ2v) is 17.9. The van der Waals surface area contributed by atoms with Gasteiger partial charge in [0.15, 0.2) is 11.5 Å². The normalized spacial score (nSPS) is 14.8. The predicted octanol–water partition coefficient (Wildman–Crippen LogP) is 5.42. The van der Waals surface area contributed by atoms with Crippen molar-refractivity contribution in [3.8, 4) is 17.2 Å². The monoisotopic (exact) mass is 970 g/mol. The van der Waals surface area contributed by atoms with Crippen LogP contribution in [0.1, 0.15) is 11.1 Å². The molecule has 5 aromatic rings. The number of aliphatic hydroxyl groups is 2. The minimum Gasteiger partial charge on any atom is -0.505 e. The lowest BCUT2D eigenvalue weighted by Crippen LogP contribution is -2.33. The Kier molecular flexibility index (Phi) is 14.0. The number of fused-ring (bicyclic) bond motifs is 1. The smallest absolute Gasteiger partial charge is 0.355 e. The van der Waals surface area contributed by atoms with Gasteiger partial charge < -0.3 is 29.9 Å². The van der Waals surface area contributed by atoms with Gasteiger partial charge in [-0.3, -0.25) is 18.5 Å². The molecule has 1 atom stereocenters. The summed E-state index contributed by atoms with van der Waals surface area (Å²) in [5.41, 5.74) is -1.30. The topological polar surface area (TPSA) is 386 Å². The molecule has 0 aliphatic carbocycles. The average molecular weight is 971 g/mol. The molecule has 0 radical (unpaired) electrons. The zero-order valence-corrected chi connectivity index (χ0v) is 36.3. The van der Waals surface area contributed by atoms with Crippen LogP contribution in [0.4, 0.5) is 34.1 Å². The maximum Gasteiger partial charge on any atom is 0.355 e. The van der Waals surface area contributed by atoms with Crippen molar-refractivity contribution in [2.45, 2.75) is 34.6 Å². The van der Waals surface area contributed by atoms with Crippen molar-refractivity contribution in [1.82, 2.24) is 0 Å². The number of hydrogen-bond acceptors (Lipinski definition) is 20. The zero-order chi connectivity index (χ0) is 48.3. The molecule has 1 aliphatic heterocycles. The fourth-order valence-corrected chi connectivity index (χ4v) is 8.01. The van der Waals surface area contributed by atoms with Crippen molar-refractivity contribution < 1.29 is 78.4 Å². The van der Waals surface area contributed by atoms with E-state index in [0.29, 0.717) is 10.6 Å². The Balaban J connectivity index is 1.36. The van der Waals surface area contributed by atoms with Crippen LogP contribution in [-0.2, 0) is 39.9 Å². The van der Waals surface area contributed by atoms with Gasteiger partial charge in [-0.2, -0.15) is 50.7 Å². The summed E-state index contributed by atoms with van der Waals surface area (Å²) in [5, 5.41) is 68.4. The van der Waals surface area contributed by atoms with Crippen LogP contribution in [0.25, 0.3) is 10.8 Å². The van der Waals surface area contributed by atoms with Gasteiger partial charge in [0.2, 0.25) is 6.04 Å². The summed E-state index contributed by atoms with van der Waals surface area (Å²) in [7, 11) is -14.3. The van der Waals surface area contributed by atoms with Gasteiger partial charge in [-0.25, -0.2) is 4.79 Å². The number of phenols is 1. The van der Waals surface area contributed by atoms with Crippen LogP contribution in [0.5, 0.6) is 17.2 Å². The highest BCUT2D eigenvalue weighted by Gasteiger charge is 2.41. The first kappa shape index (κ1) is 48.3. The molecule has 25 nitrogen and oxygen atoms in total. The van der Waals surface area contributed by atoms with E-state index in [1.165, 1.54) is 56.3 Å². The van der Waals surface area contributed by atoms with E-state index in [1.807, 2.05) is 0 Å². The SMILES string of the molecule is Cc1cc(S(=O)(=O)O)c(C)cc1N=Nc1cc(OCCO)c(N=Nc2c(S(=O)(=O)O)cc3cc(N=NC4C(=O)N(c5ccc(S(=O)(=O)O)cc5)N=C4C(=O)O)ccc3c2O)cc1OCCO. The first-order chi connectivity index (χ1) is 31.0. The summed E-state index contributed by atoms with van der Waals surface area (Å²) in [6.45, 7) is 1.40. The highest BCUT2D eigenvalue weighted by atomic mass is 32.2. The Morgan fingerprint density at radius 3 is 1.82 bits per heavy atom. The van der Waals surface area contributed by atoms with Gasteiger partial charge in [0.1, 0.15) is 46.7 Å². The minimum absolute atomic E-state index is 0.0412. The van der Waals surface area contributed by atoms with E-state index in [1.54, 1.807) is 0 Å². The molecule has 6 rings (SSSR count). The van der Waals surface area contributed by atoms with Gasteiger partial charge in [0, 0.05) is 17.5 Å². The van der Waals surface area contributed by atoms with Gasteiger partial charge in [0.25, 0.3) is 36.3 Å². The number of hydrogen-bond donors (Lipinski definition) is 7. The highest BCUT2D eigenvalue weighted by molar-refractivity contribution is 7.86. The second-order valence-electron chi connectivity index (χ2n) is 13.7. The molecule has 0 spiro atoms.